The van der Waals surface area contributed by atoms with Crippen LogP contribution >= 0.6 is 0 Å². The monoisotopic (exact) mass is 239 g/mol. The predicted molar refractivity (Wildman–Crippen MR) is 62.4 cm³/mol. The van der Waals surface area contributed by atoms with Crippen LogP contribution in [0.3, 0.4) is 0 Å². The number of nitrogens with one attached hydrogen (secondary N) is 1. The van der Waals surface area contributed by atoms with E-state index in [2.05, 4.69) is 5.32 Å². The molecule has 1 aromatic rings. The summed E-state index contributed by atoms with van der Waals surface area (Å²) in [6.45, 7) is 1.81. The molecular formula is C11H13NO3S. The van der Waals surface area contributed by atoms with Gasteiger partial charge in [-0.1, -0.05) is 18.2 Å². The summed E-state index contributed by atoms with van der Waals surface area (Å²) in [4.78, 5) is 0.271. The van der Waals surface area contributed by atoms with Crippen molar-refractivity contribution in [3.63, 3.8) is 0 Å². The molecule has 0 amide bonds. The summed E-state index contributed by atoms with van der Waals surface area (Å²) in [5.74, 6) is 0. The molecule has 5 heteroatoms. The number of rotatable bonds is 3. The molecule has 0 saturated heterocycles. The lowest BCUT2D eigenvalue weighted by molar-refractivity contribution is 0.342. The van der Waals surface area contributed by atoms with Crippen molar-refractivity contribution in [2.24, 2.45) is 0 Å². The molecule has 1 N–H and O–H groups in total. The number of fused-ring (bicyclic) bond motifs is 1. The number of hydrogen-bond donors (Lipinski definition) is 1. The van der Waals surface area contributed by atoms with Gasteiger partial charge in [-0.25, -0.2) is 0 Å². The third kappa shape index (κ3) is 2.10. The van der Waals surface area contributed by atoms with E-state index in [9.17, 15) is 8.42 Å². The number of hydrogen-bond acceptors (Lipinski definition) is 4. The minimum Gasteiger partial charge on any atom is -0.360 e. The highest BCUT2D eigenvalue weighted by atomic mass is 32.2. The Kier molecular flexibility index (Phi) is 2.98. The summed E-state index contributed by atoms with van der Waals surface area (Å²) in [6, 6.07) is 7.60. The maximum atomic E-state index is 11.7. The van der Waals surface area contributed by atoms with Gasteiger partial charge in [0, 0.05) is 18.3 Å². The van der Waals surface area contributed by atoms with Gasteiger partial charge < -0.3 is 5.32 Å². The molecule has 0 bridgehead atoms. The lowest BCUT2D eigenvalue weighted by atomic mass is 10.1. The van der Waals surface area contributed by atoms with E-state index in [-0.39, 0.29) is 11.5 Å². The van der Waals surface area contributed by atoms with Crippen molar-refractivity contribution < 1.29 is 12.6 Å². The Hall–Kier alpha value is -1.33. The second-order valence-electron chi connectivity index (χ2n) is 3.45. The van der Waals surface area contributed by atoms with Crippen LogP contribution in [0.25, 0.3) is 0 Å². The van der Waals surface area contributed by atoms with Crippen LogP contribution in [0.1, 0.15) is 12.5 Å². The van der Waals surface area contributed by atoms with Gasteiger partial charge in [-0.15, -0.1) is 0 Å². The Bertz CT molecular complexity index is 520. The summed E-state index contributed by atoms with van der Waals surface area (Å²) in [7, 11) is -3.58. The van der Waals surface area contributed by atoms with E-state index in [0.717, 1.165) is 11.3 Å². The number of para-hydroxylation sites is 1. The molecule has 0 spiro atoms. The first kappa shape index (κ1) is 11.2. The van der Waals surface area contributed by atoms with Gasteiger partial charge in [0.2, 0.25) is 0 Å². The Labute approximate surface area is 95.1 Å². The highest BCUT2D eigenvalue weighted by Crippen LogP contribution is 2.26. The Morgan fingerprint density at radius 3 is 2.88 bits per heavy atom. The van der Waals surface area contributed by atoms with Gasteiger partial charge in [0.05, 0.1) is 11.5 Å². The van der Waals surface area contributed by atoms with Crippen LogP contribution in [-0.2, 0) is 20.7 Å². The summed E-state index contributed by atoms with van der Waals surface area (Å²) in [5.41, 5.74) is 1.90. The van der Waals surface area contributed by atoms with E-state index in [1.807, 2.05) is 24.3 Å². The molecule has 0 fully saturated rings. The third-order valence-electron chi connectivity index (χ3n) is 2.36. The first-order valence-corrected chi connectivity index (χ1v) is 6.47. The molecule has 1 aliphatic heterocycles. The number of allylic oxidation sites excluding steroid dienone is 1. The van der Waals surface area contributed by atoms with E-state index in [1.165, 1.54) is 6.20 Å². The van der Waals surface area contributed by atoms with Gasteiger partial charge in [0.1, 0.15) is 0 Å². The maximum absolute atomic E-state index is 11.7. The number of anilines is 1. The molecule has 16 heavy (non-hydrogen) atoms. The molecule has 0 unspecified atom stereocenters. The normalized spacial score (nSPS) is 14.9. The van der Waals surface area contributed by atoms with Crippen molar-refractivity contribution in [1.29, 1.82) is 0 Å². The minimum absolute atomic E-state index is 0.154. The van der Waals surface area contributed by atoms with Crippen molar-refractivity contribution in [3.8, 4) is 0 Å². The predicted octanol–water partition coefficient (Wildman–Crippen LogP) is 1.86. The second kappa shape index (κ2) is 4.27. The highest BCUT2D eigenvalue weighted by molar-refractivity contribution is 7.90. The fourth-order valence-corrected chi connectivity index (χ4v) is 2.60. The Morgan fingerprint density at radius 1 is 1.38 bits per heavy atom. The largest absolute Gasteiger partial charge is 0.360 e. The molecule has 1 aromatic carbocycles. The van der Waals surface area contributed by atoms with E-state index in [0.29, 0.717) is 6.42 Å². The molecule has 0 aromatic heterocycles. The van der Waals surface area contributed by atoms with Crippen LogP contribution in [0.2, 0.25) is 0 Å². The average molecular weight is 239 g/mol. The summed E-state index contributed by atoms with van der Waals surface area (Å²) >= 11 is 0. The SMILES string of the molecule is CCOS(=O)(=O)C1=CNc2ccccc2C1. The van der Waals surface area contributed by atoms with Gasteiger partial charge in [-0.2, -0.15) is 8.42 Å². The molecule has 4 nitrogen and oxygen atoms in total. The molecule has 0 atom stereocenters. The van der Waals surface area contributed by atoms with Crippen molar-refractivity contribution >= 4 is 15.8 Å². The van der Waals surface area contributed by atoms with Crippen LogP contribution in [0.4, 0.5) is 5.69 Å². The molecule has 1 heterocycles. The van der Waals surface area contributed by atoms with E-state index >= 15 is 0 Å². The standard InChI is InChI=1S/C11H13NO3S/c1-2-15-16(13,14)10-7-9-5-3-4-6-11(9)12-8-10/h3-6,8,12H,2,7H2,1H3. The first-order chi connectivity index (χ1) is 7.63. The van der Waals surface area contributed by atoms with Gasteiger partial charge in [0.25, 0.3) is 10.1 Å². The summed E-state index contributed by atoms with van der Waals surface area (Å²) < 4.78 is 28.1. The van der Waals surface area contributed by atoms with Crippen LogP contribution in [0.5, 0.6) is 0 Å². The Balaban J connectivity index is 2.28. The molecular weight excluding hydrogens is 226 g/mol. The van der Waals surface area contributed by atoms with Gasteiger partial charge in [-0.3, -0.25) is 4.18 Å². The molecule has 0 radical (unpaired) electrons. The summed E-state index contributed by atoms with van der Waals surface area (Å²) in [6.07, 6.45) is 1.87. The average Bonchev–Trinajstić information content (AvgIpc) is 2.28. The van der Waals surface area contributed by atoms with E-state index in [4.69, 9.17) is 4.18 Å². The minimum atomic E-state index is -3.58. The molecule has 1 aliphatic rings. The molecule has 0 saturated carbocycles. The van der Waals surface area contributed by atoms with Gasteiger partial charge in [-0.05, 0) is 18.6 Å². The van der Waals surface area contributed by atoms with Crippen molar-refractivity contribution in [2.75, 3.05) is 11.9 Å². The highest BCUT2D eigenvalue weighted by Gasteiger charge is 2.22. The van der Waals surface area contributed by atoms with E-state index < -0.39 is 10.1 Å². The smallest absolute Gasteiger partial charge is 0.294 e. The quantitative estimate of drug-likeness (QED) is 0.818. The molecule has 86 valence electrons. The van der Waals surface area contributed by atoms with Gasteiger partial charge in [0.15, 0.2) is 0 Å². The lowest BCUT2D eigenvalue weighted by Crippen LogP contribution is -2.15. The topological polar surface area (TPSA) is 55.4 Å². The fraction of sp³-hybridized carbons (Fsp3) is 0.273. The summed E-state index contributed by atoms with van der Waals surface area (Å²) in [5, 5.41) is 2.96. The second-order valence-corrected chi connectivity index (χ2v) is 5.12. The Morgan fingerprint density at radius 2 is 2.12 bits per heavy atom. The van der Waals surface area contributed by atoms with Crippen molar-refractivity contribution in [3.05, 3.63) is 40.9 Å². The zero-order valence-corrected chi connectivity index (χ0v) is 9.75. The first-order valence-electron chi connectivity index (χ1n) is 5.06. The van der Waals surface area contributed by atoms with Crippen LogP contribution in [0, 0.1) is 0 Å². The zero-order chi connectivity index (χ0) is 11.6. The lowest BCUT2D eigenvalue weighted by Gasteiger charge is -2.17. The van der Waals surface area contributed by atoms with Crippen molar-refractivity contribution in [2.45, 2.75) is 13.3 Å². The fourth-order valence-electron chi connectivity index (χ4n) is 1.60. The third-order valence-corrected chi connectivity index (χ3v) is 3.82. The number of benzene rings is 1. The van der Waals surface area contributed by atoms with Crippen LogP contribution in [0.15, 0.2) is 35.4 Å². The molecule has 2 rings (SSSR count). The maximum Gasteiger partial charge on any atom is 0.294 e. The molecule has 0 aliphatic carbocycles. The van der Waals surface area contributed by atoms with Crippen LogP contribution in [-0.4, -0.2) is 15.0 Å². The van der Waals surface area contributed by atoms with E-state index in [1.54, 1.807) is 6.92 Å². The van der Waals surface area contributed by atoms with Crippen LogP contribution < -0.4 is 5.32 Å². The van der Waals surface area contributed by atoms with Crippen molar-refractivity contribution in [1.82, 2.24) is 0 Å². The zero-order valence-electron chi connectivity index (χ0n) is 8.93. The van der Waals surface area contributed by atoms with Gasteiger partial charge >= 0.3 is 0 Å².